The summed E-state index contributed by atoms with van der Waals surface area (Å²) in [6, 6.07) is 7.67. The molecular weight excluding hydrogens is 322 g/mol. The molecule has 7 nitrogen and oxygen atoms in total. The molecule has 132 valence electrons. The summed E-state index contributed by atoms with van der Waals surface area (Å²) in [6.07, 6.45) is 0. The highest BCUT2D eigenvalue weighted by molar-refractivity contribution is 6.00. The van der Waals surface area contributed by atoms with Crippen LogP contribution < -0.4 is 11.1 Å². The third-order valence-electron chi connectivity index (χ3n) is 4.07. The van der Waals surface area contributed by atoms with Gasteiger partial charge in [0, 0.05) is 30.5 Å². The third-order valence-corrected chi connectivity index (χ3v) is 4.07. The first kappa shape index (κ1) is 18.3. The first-order valence-corrected chi connectivity index (χ1v) is 7.75. The predicted octanol–water partition coefficient (Wildman–Crippen LogP) is 1.85. The Hall–Kier alpha value is -3.09. The van der Waals surface area contributed by atoms with Gasteiger partial charge in [0.15, 0.2) is 6.61 Å². The molecule has 0 saturated carbocycles. The third kappa shape index (κ3) is 4.47. The van der Waals surface area contributed by atoms with Crippen LogP contribution in [0.15, 0.2) is 30.3 Å². The molecule has 1 heterocycles. The van der Waals surface area contributed by atoms with Crippen molar-refractivity contribution in [2.75, 3.05) is 6.61 Å². The van der Waals surface area contributed by atoms with Crippen LogP contribution in [0.1, 0.15) is 37.7 Å². The van der Waals surface area contributed by atoms with Crippen molar-refractivity contribution in [3.05, 3.63) is 58.4 Å². The Morgan fingerprint density at radius 3 is 2.32 bits per heavy atom. The van der Waals surface area contributed by atoms with Crippen LogP contribution in [0.2, 0.25) is 0 Å². The van der Waals surface area contributed by atoms with Crippen LogP contribution >= 0.6 is 0 Å². The molecule has 0 aliphatic heterocycles. The van der Waals surface area contributed by atoms with Gasteiger partial charge in [-0.15, -0.1) is 0 Å². The molecule has 0 spiro atoms. The van der Waals surface area contributed by atoms with Crippen molar-refractivity contribution in [2.24, 2.45) is 12.8 Å². The van der Waals surface area contributed by atoms with E-state index in [0.29, 0.717) is 11.1 Å². The van der Waals surface area contributed by atoms with Crippen molar-refractivity contribution in [2.45, 2.75) is 20.4 Å². The monoisotopic (exact) mass is 343 g/mol. The van der Waals surface area contributed by atoms with Gasteiger partial charge < -0.3 is 20.4 Å². The lowest BCUT2D eigenvalue weighted by Gasteiger charge is -2.06. The van der Waals surface area contributed by atoms with Gasteiger partial charge in [0.2, 0.25) is 5.78 Å². The summed E-state index contributed by atoms with van der Waals surface area (Å²) >= 11 is 0. The number of esters is 1. The SMILES string of the molecule is Cc1cc(C(=O)COC(=O)c2ccc(CNC(N)=O)cc2)c(C)n1C. The Bertz CT molecular complexity index is 806. The van der Waals surface area contributed by atoms with Crippen molar-refractivity contribution in [1.29, 1.82) is 0 Å². The molecule has 0 bridgehead atoms. The second-order valence-electron chi connectivity index (χ2n) is 5.76. The standard InChI is InChI=1S/C18H21N3O4/c1-11-8-15(12(2)21(11)3)16(22)10-25-17(23)14-6-4-13(5-7-14)9-20-18(19)24/h4-8H,9-10H2,1-3H3,(H3,19,20,24). The molecule has 0 atom stereocenters. The van der Waals surface area contributed by atoms with E-state index in [1.54, 1.807) is 30.3 Å². The van der Waals surface area contributed by atoms with Crippen LogP contribution in [0.3, 0.4) is 0 Å². The Balaban J connectivity index is 1.94. The van der Waals surface area contributed by atoms with Gasteiger partial charge in [0.05, 0.1) is 5.56 Å². The van der Waals surface area contributed by atoms with Gasteiger partial charge in [-0.3, -0.25) is 4.79 Å². The molecule has 1 aromatic heterocycles. The highest BCUT2D eigenvalue weighted by atomic mass is 16.5. The number of aryl methyl sites for hydroxylation is 1. The van der Waals surface area contributed by atoms with Crippen LogP contribution in [0.5, 0.6) is 0 Å². The lowest BCUT2D eigenvalue weighted by atomic mass is 10.1. The highest BCUT2D eigenvalue weighted by Gasteiger charge is 2.16. The van der Waals surface area contributed by atoms with E-state index in [0.717, 1.165) is 17.0 Å². The van der Waals surface area contributed by atoms with Crippen LogP contribution in [-0.4, -0.2) is 29.0 Å². The number of nitrogens with zero attached hydrogens (tertiary/aromatic N) is 1. The van der Waals surface area contributed by atoms with Gasteiger partial charge in [0.25, 0.3) is 0 Å². The smallest absolute Gasteiger partial charge is 0.338 e. The van der Waals surface area contributed by atoms with Crippen molar-refractivity contribution >= 4 is 17.8 Å². The molecule has 0 aliphatic rings. The number of ether oxygens (including phenoxy) is 1. The number of Topliss-reactive ketones (excluding diaryl/α,β-unsaturated/α-hetero) is 1. The van der Waals surface area contributed by atoms with Crippen LogP contribution in [0.4, 0.5) is 4.79 Å². The lowest BCUT2D eigenvalue weighted by Crippen LogP contribution is -2.28. The normalized spacial score (nSPS) is 10.4. The number of hydrogen-bond donors (Lipinski definition) is 2. The van der Waals surface area contributed by atoms with E-state index in [-0.39, 0.29) is 18.9 Å². The summed E-state index contributed by atoms with van der Waals surface area (Å²) in [5.41, 5.74) is 8.48. The number of carbonyl (C=O) groups excluding carboxylic acids is 3. The second kappa shape index (κ2) is 7.65. The summed E-state index contributed by atoms with van der Waals surface area (Å²) < 4.78 is 7.01. The largest absolute Gasteiger partial charge is 0.454 e. The highest BCUT2D eigenvalue weighted by Crippen LogP contribution is 2.14. The van der Waals surface area contributed by atoms with Gasteiger partial charge >= 0.3 is 12.0 Å². The zero-order valence-electron chi connectivity index (χ0n) is 14.5. The molecule has 25 heavy (non-hydrogen) atoms. The number of hydrogen-bond acceptors (Lipinski definition) is 4. The van der Waals surface area contributed by atoms with Gasteiger partial charge in [-0.25, -0.2) is 9.59 Å². The van der Waals surface area contributed by atoms with Crippen molar-refractivity contribution < 1.29 is 19.1 Å². The minimum atomic E-state index is -0.617. The van der Waals surface area contributed by atoms with Crippen molar-refractivity contribution in [3.8, 4) is 0 Å². The number of carbonyl (C=O) groups is 3. The topological polar surface area (TPSA) is 103 Å². The van der Waals surface area contributed by atoms with Crippen LogP contribution in [0.25, 0.3) is 0 Å². The average Bonchev–Trinajstić information content (AvgIpc) is 2.85. The molecule has 2 aromatic rings. The Morgan fingerprint density at radius 2 is 1.80 bits per heavy atom. The Labute approximate surface area is 145 Å². The molecule has 2 amide bonds. The minimum Gasteiger partial charge on any atom is -0.454 e. The first-order chi connectivity index (χ1) is 11.8. The number of nitrogens with one attached hydrogen (secondary N) is 1. The Kier molecular flexibility index (Phi) is 5.59. The summed E-state index contributed by atoms with van der Waals surface area (Å²) in [7, 11) is 1.88. The van der Waals surface area contributed by atoms with Crippen LogP contribution in [0, 0.1) is 13.8 Å². The van der Waals surface area contributed by atoms with E-state index in [2.05, 4.69) is 5.32 Å². The molecular formula is C18H21N3O4. The van der Waals surface area contributed by atoms with E-state index in [1.807, 2.05) is 25.5 Å². The van der Waals surface area contributed by atoms with Gasteiger partial charge in [-0.1, -0.05) is 12.1 Å². The zero-order chi connectivity index (χ0) is 18.6. The number of rotatable bonds is 6. The molecule has 3 N–H and O–H groups in total. The number of ketones is 1. The maximum absolute atomic E-state index is 12.2. The molecule has 0 radical (unpaired) electrons. The number of primary amides is 1. The summed E-state index contributed by atoms with van der Waals surface area (Å²) in [5, 5.41) is 2.46. The molecule has 1 aromatic carbocycles. The van der Waals surface area contributed by atoms with E-state index in [9.17, 15) is 14.4 Å². The quantitative estimate of drug-likeness (QED) is 0.617. The zero-order valence-corrected chi connectivity index (χ0v) is 14.5. The van der Waals surface area contributed by atoms with Crippen LogP contribution in [-0.2, 0) is 18.3 Å². The summed E-state index contributed by atoms with van der Waals surface area (Å²) in [5.74, 6) is -0.815. The van der Waals surface area contributed by atoms with Crippen molar-refractivity contribution in [3.63, 3.8) is 0 Å². The fourth-order valence-electron chi connectivity index (χ4n) is 2.38. The molecule has 0 aliphatic carbocycles. The summed E-state index contributed by atoms with van der Waals surface area (Å²) in [6.45, 7) is 3.72. The fourth-order valence-corrected chi connectivity index (χ4v) is 2.38. The average molecular weight is 343 g/mol. The van der Waals surface area contributed by atoms with E-state index < -0.39 is 12.0 Å². The van der Waals surface area contributed by atoms with E-state index in [1.165, 1.54) is 0 Å². The summed E-state index contributed by atoms with van der Waals surface area (Å²) in [4.78, 5) is 34.9. The fraction of sp³-hybridized carbons (Fsp3) is 0.278. The second-order valence-corrected chi connectivity index (χ2v) is 5.76. The number of benzene rings is 1. The Morgan fingerprint density at radius 1 is 1.16 bits per heavy atom. The predicted molar refractivity (Wildman–Crippen MR) is 92.4 cm³/mol. The van der Waals surface area contributed by atoms with Gasteiger partial charge in [-0.05, 0) is 37.6 Å². The lowest BCUT2D eigenvalue weighted by molar-refractivity contribution is 0.0474. The molecule has 2 rings (SSSR count). The maximum Gasteiger partial charge on any atom is 0.338 e. The first-order valence-electron chi connectivity index (χ1n) is 7.75. The molecule has 0 fully saturated rings. The number of amides is 2. The number of nitrogens with two attached hydrogens (primary N) is 1. The van der Waals surface area contributed by atoms with Crippen molar-refractivity contribution in [1.82, 2.24) is 9.88 Å². The van der Waals surface area contributed by atoms with Gasteiger partial charge in [0.1, 0.15) is 0 Å². The molecule has 7 heteroatoms. The number of urea groups is 1. The number of aromatic nitrogens is 1. The van der Waals surface area contributed by atoms with Gasteiger partial charge in [-0.2, -0.15) is 0 Å². The maximum atomic E-state index is 12.2. The molecule has 0 unspecified atom stereocenters. The molecule has 0 saturated heterocycles. The minimum absolute atomic E-state index is 0.239. The van der Waals surface area contributed by atoms with E-state index in [4.69, 9.17) is 10.5 Å². The van der Waals surface area contributed by atoms with E-state index >= 15 is 0 Å².